The highest BCUT2D eigenvalue weighted by molar-refractivity contribution is 7.18. The van der Waals surface area contributed by atoms with Gasteiger partial charge >= 0.3 is 0 Å². The minimum atomic E-state index is 0.577. The topological polar surface area (TPSA) is 44.0 Å². The van der Waals surface area contributed by atoms with Gasteiger partial charge in [0.25, 0.3) is 0 Å². The van der Waals surface area contributed by atoms with Crippen LogP contribution in [0.4, 0.5) is 5.82 Å². The van der Waals surface area contributed by atoms with Crippen LogP contribution >= 0.6 is 11.3 Å². The quantitative estimate of drug-likeness (QED) is 0.770. The molecule has 0 atom stereocenters. The summed E-state index contributed by atoms with van der Waals surface area (Å²) in [6.45, 7) is 4.32. The van der Waals surface area contributed by atoms with E-state index in [-0.39, 0.29) is 0 Å². The molecule has 3 aromatic rings. The van der Waals surface area contributed by atoms with Crippen molar-refractivity contribution in [1.82, 2.24) is 15.5 Å². The molecule has 0 aliphatic carbocycles. The van der Waals surface area contributed by atoms with Crippen molar-refractivity contribution in [3.8, 4) is 11.1 Å². The Hall–Kier alpha value is -1.85. The number of nitrogens with one attached hydrogen (secondary N) is 2. The summed E-state index contributed by atoms with van der Waals surface area (Å²) in [7, 11) is 2.18. The molecule has 0 saturated carbocycles. The number of rotatable bonds is 3. The maximum absolute atomic E-state index is 4.63. The predicted molar refractivity (Wildman–Crippen MR) is 98.4 cm³/mol. The number of aryl methyl sites for hydroxylation is 1. The van der Waals surface area contributed by atoms with Crippen LogP contribution in [0, 0.1) is 6.92 Å². The first kappa shape index (κ1) is 14.7. The van der Waals surface area contributed by atoms with Gasteiger partial charge in [0.1, 0.15) is 0 Å². The molecule has 1 aliphatic heterocycles. The van der Waals surface area contributed by atoms with Crippen LogP contribution in [-0.2, 0) is 0 Å². The van der Waals surface area contributed by atoms with E-state index in [1.54, 1.807) is 11.3 Å². The molecule has 1 saturated heterocycles. The predicted octanol–water partition coefficient (Wildman–Crippen LogP) is 3.79. The van der Waals surface area contributed by atoms with Crippen LogP contribution in [0.25, 0.3) is 21.3 Å². The van der Waals surface area contributed by atoms with Gasteiger partial charge < -0.3 is 10.2 Å². The Morgan fingerprint density at radius 1 is 1.17 bits per heavy atom. The lowest BCUT2D eigenvalue weighted by molar-refractivity contribution is 0.442. The number of benzene rings is 1. The third-order valence-corrected chi connectivity index (χ3v) is 5.80. The van der Waals surface area contributed by atoms with Crippen LogP contribution in [0.3, 0.4) is 0 Å². The van der Waals surface area contributed by atoms with Crippen molar-refractivity contribution in [2.24, 2.45) is 0 Å². The van der Waals surface area contributed by atoms with Crippen molar-refractivity contribution < 1.29 is 0 Å². The fourth-order valence-corrected chi connectivity index (χ4v) is 4.40. The molecule has 120 valence electrons. The number of fused-ring (bicyclic) bond motifs is 1. The van der Waals surface area contributed by atoms with Gasteiger partial charge in [0.05, 0.1) is 10.2 Å². The SMILES string of the molecule is Cc1ccc(-c2csc3c(N(C)C4CCNCC4)n[nH]c23)cc1. The second-order valence-corrected chi connectivity index (χ2v) is 7.24. The molecule has 3 heterocycles. The maximum Gasteiger partial charge on any atom is 0.168 e. The fourth-order valence-electron chi connectivity index (χ4n) is 3.34. The molecule has 1 fully saturated rings. The summed E-state index contributed by atoms with van der Waals surface area (Å²) in [4.78, 5) is 2.36. The Labute approximate surface area is 140 Å². The second kappa shape index (κ2) is 5.98. The van der Waals surface area contributed by atoms with Crippen molar-refractivity contribution in [2.45, 2.75) is 25.8 Å². The number of hydrogen-bond donors (Lipinski definition) is 2. The molecule has 2 N–H and O–H groups in total. The van der Waals surface area contributed by atoms with Crippen molar-refractivity contribution in [2.75, 3.05) is 25.0 Å². The van der Waals surface area contributed by atoms with E-state index in [9.17, 15) is 0 Å². The highest BCUT2D eigenvalue weighted by Gasteiger charge is 2.23. The van der Waals surface area contributed by atoms with Crippen LogP contribution < -0.4 is 10.2 Å². The molecule has 0 spiro atoms. The number of aromatic amines is 1. The molecular formula is C18H22N4S. The van der Waals surface area contributed by atoms with E-state index in [2.05, 4.69) is 64.0 Å². The summed E-state index contributed by atoms with van der Waals surface area (Å²) < 4.78 is 1.27. The van der Waals surface area contributed by atoms with Crippen molar-refractivity contribution in [1.29, 1.82) is 0 Å². The normalized spacial score (nSPS) is 16.1. The fraction of sp³-hybridized carbons (Fsp3) is 0.389. The lowest BCUT2D eigenvalue weighted by atomic mass is 10.1. The molecule has 4 nitrogen and oxygen atoms in total. The molecule has 0 bridgehead atoms. The van der Waals surface area contributed by atoms with Crippen LogP contribution in [0.1, 0.15) is 18.4 Å². The highest BCUT2D eigenvalue weighted by Crippen LogP contribution is 2.38. The summed E-state index contributed by atoms with van der Waals surface area (Å²) in [5.74, 6) is 1.09. The summed E-state index contributed by atoms with van der Waals surface area (Å²) in [5.41, 5.74) is 4.95. The number of anilines is 1. The van der Waals surface area contributed by atoms with Gasteiger partial charge in [-0.2, -0.15) is 5.10 Å². The molecular weight excluding hydrogens is 304 g/mol. The Bertz CT molecular complexity index is 796. The summed E-state index contributed by atoms with van der Waals surface area (Å²) >= 11 is 1.79. The molecule has 1 aliphatic rings. The number of aromatic nitrogens is 2. The first-order valence-corrected chi connectivity index (χ1v) is 9.08. The summed E-state index contributed by atoms with van der Waals surface area (Å²) in [5, 5.41) is 13.6. The second-order valence-electron chi connectivity index (χ2n) is 6.36. The van der Waals surface area contributed by atoms with Gasteiger partial charge in [0.2, 0.25) is 0 Å². The number of hydrogen-bond acceptors (Lipinski definition) is 4. The van der Waals surface area contributed by atoms with E-state index < -0.39 is 0 Å². The largest absolute Gasteiger partial charge is 0.354 e. The standard InChI is InChI=1S/C18H22N4S/c1-12-3-5-13(6-4-12)15-11-23-17-16(15)20-21-18(17)22(2)14-7-9-19-10-8-14/h3-6,11,14,19H,7-10H2,1-2H3,(H,20,21). The smallest absolute Gasteiger partial charge is 0.168 e. The number of nitrogens with zero attached hydrogens (tertiary/aromatic N) is 2. The minimum absolute atomic E-state index is 0.577. The van der Waals surface area contributed by atoms with E-state index in [1.165, 1.54) is 34.2 Å². The lowest BCUT2D eigenvalue weighted by Gasteiger charge is -2.31. The van der Waals surface area contributed by atoms with E-state index in [4.69, 9.17) is 0 Å². The van der Waals surface area contributed by atoms with Gasteiger partial charge in [0, 0.05) is 24.0 Å². The van der Waals surface area contributed by atoms with Gasteiger partial charge in [-0.25, -0.2) is 0 Å². The first-order chi connectivity index (χ1) is 11.2. The Morgan fingerprint density at radius 2 is 1.91 bits per heavy atom. The number of H-pyrrole nitrogens is 1. The molecule has 0 amide bonds. The van der Waals surface area contributed by atoms with E-state index in [0.717, 1.165) is 24.4 Å². The Kier molecular flexibility index (Phi) is 3.83. The Balaban J connectivity index is 1.69. The molecule has 5 heteroatoms. The zero-order valence-electron chi connectivity index (χ0n) is 13.6. The minimum Gasteiger partial charge on any atom is -0.354 e. The highest BCUT2D eigenvalue weighted by atomic mass is 32.1. The molecule has 23 heavy (non-hydrogen) atoms. The average molecular weight is 326 g/mol. The van der Waals surface area contributed by atoms with Gasteiger partial charge in [-0.15, -0.1) is 11.3 Å². The van der Waals surface area contributed by atoms with Gasteiger partial charge in [-0.3, -0.25) is 5.10 Å². The molecule has 0 radical (unpaired) electrons. The lowest BCUT2D eigenvalue weighted by Crippen LogP contribution is -2.41. The van der Waals surface area contributed by atoms with Gasteiger partial charge in [-0.05, 0) is 38.4 Å². The monoisotopic (exact) mass is 326 g/mol. The van der Waals surface area contributed by atoms with Crippen LogP contribution in [0.2, 0.25) is 0 Å². The summed E-state index contributed by atoms with van der Waals surface area (Å²) in [6, 6.07) is 9.28. The number of thiophene rings is 1. The first-order valence-electron chi connectivity index (χ1n) is 8.20. The maximum atomic E-state index is 4.63. The van der Waals surface area contributed by atoms with Crippen LogP contribution in [0.5, 0.6) is 0 Å². The van der Waals surface area contributed by atoms with Gasteiger partial charge in [-0.1, -0.05) is 29.8 Å². The Morgan fingerprint density at radius 3 is 2.65 bits per heavy atom. The third-order valence-electron chi connectivity index (χ3n) is 4.82. The molecule has 4 rings (SSSR count). The van der Waals surface area contributed by atoms with Crippen molar-refractivity contribution in [3.63, 3.8) is 0 Å². The zero-order chi connectivity index (χ0) is 15.8. The molecule has 1 aromatic carbocycles. The van der Waals surface area contributed by atoms with Gasteiger partial charge in [0.15, 0.2) is 5.82 Å². The summed E-state index contributed by atoms with van der Waals surface area (Å²) in [6.07, 6.45) is 2.36. The van der Waals surface area contributed by atoms with Crippen molar-refractivity contribution >= 4 is 27.4 Å². The van der Waals surface area contributed by atoms with Crippen LogP contribution in [0.15, 0.2) is 29.6 Å². The third kappa shape index (κ3) is 2.64. The van der Waals surface area contributed by atoms with Crippen molar-refractivity contribution in [3.05, 3.63) is 35.2 Å². The van der Waals surface area contributed by atoms with E-state index >= 15 is 0 Å². The van der Waals surface area contributed by atoms with E-state index in [0.29, 0.717) is 6.04 Å². The molecule has 0 unspecified atom stereocenters. The van der Waals surface area contributed by atoms with E-state index in [1.807, 2.05) is 0 Å². The molecule has 2 aromatic heterocycles. The van der Waals surface area contributed by atoms with Crippen LogP contribution in [-0.4, -0.2) is 36.4 Å². The number of piperidine rings is 1. The average Bonchev–Trinajstić information content (AvgIpc) is 3.18. The zero-order valence-corrected chi connectivity index (χ0v) is 14.4.